The van der Waals surface area contributed by atoms with Crippen LogP contribution in [-0.4, -0.2) is 16.2 Å². The Balaban J connectivity index is 0.000000337. The normalized spacial score (nSPS) is 12.7. The van der Waals surface area contributed by atoms with Gasteiger partial charge in [0.25, 0.3) is 11.8 Å². The van der Waals surface area contributed by atoms with Crippen LogP contribution in [0.1, 0.15) is 27.6 Å². The summed E-state index contributed by atoms with van der Waals surface area (Å²) in [6.07, 6.45) is 0. The van der Waals surface area contributed by atoms with E-state index in [-0.39, 0.29) is 0 Å². The highest BCUT2D eigenvalue weighted by molar-refractivity contribution is 6.39. The summed E-state index contributed by atoms with van der Waals surface area (Å²) in [6, 6.07) is 8.30. The first-order valence-electron chi connectivity index (χ1n) is 4.08. The Labute approximate surface area is 91.8 Å². The average molecular weight is 223 g/mol. The summed E-state index contributed by atoms with van der Waals surface area (Å²) in [4.78, 5) is 22.4. The van der Waals surface area contributed by atoms with E-state index in [2.05, 4.69) is 0 Å². The third-order valence-corrected chi connectivity index (χ3v) is 2.05. The van der Waals surface area contributed by atoms with E-state index in [4.69, 9.17) is 17.0 Å². The van der Waals surface area contributed by atoms with Gasteiger partial charge >= 0.3 is 0 Å². The summed E-state index contributed by atoms with van der Waals surface area (Å²) in [5.41, 5.74) is 0.745. The topological polar surface area (TPSA) is 61.2 Å². The predicted octanol–water partition coefficient (Wildman–Crippen LogP) is 1.97. The largest absolute Gasteiger partial charge is 0.276 e. The molecule has 0 bridgehead atoms. The highest BCUT2D eigenvalue weighted by Gasteiger charge is 2.33. The zero-order chi connectivity index (χ0) is 11.4. The number of carbonyl (C=O) groups excluding carboxylic acids is 2. The smallest absolute Gasteiger partial charge is 0.267 e. The molecule has 1 aromatic rings. The Bertz CT molecular complexity index is 416. The van der Waals surface area contributed by atoms with Crippen LogP contribution in [0.25, 0.3) is 0 Å². The lowest BCUT2D eigenvalue weighted by Gasteiger charge is -1.97. The molecular formula is C10H7ClN2O2. The first kappa shape index (κ1) is 11.2. The van der Waals surface area contributed by atoms with Gasteiger partial charge in [0.05, 0.1) is 17.2 Å². The van der Waals surface area contributed by atoms with Gasteiger partial charge in [-0.1, -0.05) is 12.1 Å². The minimum Gasteiger partial charge on any atom is -0.267 e. The number of hydrogen-bond acceptors (Lipinski definition) is 3. The molecule has 2 amide bonds. The molecule has 0 spiro atoms. The van der Waals surface area contributed by atoms with Crippen molar-refractivity contribution in [1.29, 1.82) is 5.26 Å². The molecule has 1 aliphatic heterocycles. The number of benzene rings is 1. The Morgan fingerprint density at radius 1 is 1.20 bits per heavy atom. The minimum atomic E-state index is -0.447. The van der Waals surface area contributed by atoms with E-state index in [0.29, 0.717) is 15.5 Å². The number of nitriles is 1. The maximum absolute atomic E-state index is 11.2. The first-order valence-corrected chi connectivity index (χ1v) is 4.41. The molecule has 0 aliphatic carbocycles. The average Bonchev–Trinajstić information content (AvgIpc) is 2.46. The van der Waals surface area contributed by atoms with Gasteiger partial charge in [-0.05, 0) is 12.1 Å². The van der Waals surface area contributed by atoms with Crippen LogP contribution in [0.2, 0.25) is 0 Å². The molecule has 1 heterocycles. The van der Waals surface area contributed by atoms with E-state index in [9.17, 15) is 9.59 Å². The van der Waals surface area contributed by atoms with Crippen molar-refractivity contribution in [2.24, 2.45) is 0 Å². The van der Waals surface area contributed by atoms with Crippen molar-refractivity contribution in [2.75, 3.05) is 0 Å². The van der Waals surface area contributed by atoms with E-state index in [1.165, 1.54) is 6.92 Å². The maximum atomic E-state index is 11.2. The van der Waals surface area contributed by atoms with Crippen LogP contribution in [0, 0.1) is 11.3 Å². The lowest BCUT2D eigenvalue weighted by molar-refractivity contribution is 0.0767. The number of nitrogens with zero attached hydrogens (tertiary/aromatic N) is 2. The van der Waals surface area contributed by atoms with Crippen molar-refractivity contribution in [3.8, 4) is 6.07 Å². The summed E-state index contributed by atoms with van der Waals surface area (Å²) in [7, 11) is 0. The van der Waals surface area contributed by atoms with Gasteiger partial charge in [0.1, 0.15) is 0 Å². The van der Waals surface area contributed by atoms with Crippen LogP contribution in [0.5, 0.6) is 0 Å². The summed E-state index contributed by atoms with van der Waals surface area (Å²) < 4.78 is 0.602. The van der Waals surface area contributed by atoms with E-state index in [1.54, 1.807) is 30.3 Å². The monoisotopic (exact) mass is 222 g/mol. The van der Waals surface area contributed by atoms with Gasteiger partial charge in [0, 0.05) is 18.7 Å². The molecule has 0 saturated heterocycles. The number of amides is 2. The molecular weight excluding hydrogens is 216 g/mol. The van der Waals surface area contributed by atoms with Gasteiger partial charge in [0.15, 0.2) is 0 Å². The Morgan fingerprint density at radius 2 is 1.53 bits per heavy atom. The van der Waals surface area contributed by atoms with Gasteiger partial charge in [-0.25, -0.2) is 0 Å². The highest BCUT2D eigenvalue weighted by atomic mass is 35.5. The molecule has 4 nitrogen and oxygen atoms in total. The third-order valence-electron chi connectivity index (χ3n) is 1.74. The van der Waals surface area contributed by atoms with Crippen LogP contribution in [-0.2, 0) is 0 Å². The molecule has 5 heteroatoms. The van der Waals surface area contributed by atoms with Crippen molar-refractivity contribution < 1.29 is 9.59 Å². The van der Waals surface area contributed by atoms with E-state index in [0.717, 1.165) is 0 Å². The Hall–Kier alpha value is -1.86. The molecule has 0 aromatic heterocycles. The lowest BCUT2D eigenvalue weighted by atomic mass is 10.1. The van der Waals surface area contributed by atoms with Gasteiger partial charge in [-0.2, -0.15) is 9.68 Å². The zero-order valence-corrected chi connectivity index (χ0v) is 8.65. The second-order valence-electron chi connectivity index (χ2n) is 2.66. The molecule has 0 fully saturated rings. The van der Waals surface area contributed by atoms with Gasteiger partial charge in [-0.15, -0.1) is 0 Å². The molecule has 0 atom stereocenters. The molecule has 15 heavy (non-hydrogen) atoms. The molecule has 0 unspecified atom stereocenters. The number of hydrogen-bond donors (Lipinski definition) is 0. The number of imide groups is 1. The van der Waals surface area contributed by atoms with Gasteiger partial charge in [-0.3, -0.25) is 9.59 Å². The third kappa shape index (κ3) is 1.97. The predicted molar refractivity (Wildman–Crippen MR) is 54.1 cm³/mol. The van der Waals surface area contributed by atoms with Crippen LogP contribution in [0.15, 0.2) is 24.3 Å². The first-order chi connectivity index (χ1) is 7.13. The standard InChI is InChI=1S/C8H4ClNO2.C2H3N/c9-10-7(11)5-3-1-2-4-6(5)8(10)12;1-2-3/h1-4H;1H3. The van der Waals surface area contributed by atoms with Crippen LogP contribution >= 0.6 is 11.8 Å². The molecule has 0 saturated carbocycles. The number of rotatable bonds is 0. The molecule has 1 aromatic carbocycles. The zero-order valence-electron chi connectivity index (χ0n) is 7.90. The Kier molecular flexibility index (Phi) is 3.42. The molecule has 1 aliphatic rings. The fraction of sp³-hybridized carbons (Fsp3) is 0.100. The molecule has 0 N–H and O–H groups in total. The van der Waals surface area contributed by atoms with Crippen molar-refractivity contribution in [2.45, 2.75) is 6.92 Å². The van der Waals surface area contributed by atoms with Crippen LogP contribution in [0.3, 0.4) is 0 Å². The summed E-state index contributed by atoms with van der Waals surface area (Å²) >= 11 is 5.41. The summed E-state index contributed by atoms with van der Waals surface area (Å²) in [5, 5.41) is 7.32. The number of halogens is 1. The number of fused-ring (bicyclic) bond motifs is 1. The van der Waals surface area contributed by atoms with Crippen molar-refractivity contribution in [1.82, 2.24) is 4.42 Å². The van der Waals surface area contributed by atoms with E-state index in [1.807, 2.05) is 0 Å². The van der Waals surface area contributed by atoms with E-state index >= 15 is 0 Å². The molecule has 76 valence electrons. The quantitative estimate of drug-likeness (QED) is 0.498. The van der Waals surface area contributed by atoms with Crippen LogP contribution < -0.4 is 0 Å². The summed E-state index contributed by atoms with van der Waals surface area (Å²) in [5.74, 6) is -0.894. The fourth-order valence-electron chi connectivity index (χ4n) is 1.16. The summed E-state index contributed by atoms with van der Waals surface area (Å²) in [6.45, 7) is 1.43. The molecule has 2 rings (SSSR count). The van der Waals surface area contributed by atoms with Crippen molar-refractivity contribution in [3.05, 3.63) is 35.4 Å². The number of carbonyl (C=O) groups is 2. The SMILES string of the molecule is CC#N.O=C1c2ccccc2C(=O)N1Cl. The van der Waals surface area contributed by atoms with Gasteiger partial charge in [0.2, 0.25) is 0 Å². The van der Waals surface area contributed by atoms with Gasteiger partial charge < -0.3 is 0 Å². The van der Waals surface area contributed by atoms with Crippen molar-refractivity contribution in [3.63, 3.8) is 0 Å². The lowest BCUT2D eigenvalue weighted by Crippen LogP contribution is -2.18. The highest BCUT2D eigenvalue weighted by Crippen LogP contribution is 2.23. The fourth-order valence-corrected chi connectivity index (χ4v) is 1.34. The Morgan fingerprint density at radius 3 is 1.87 bits per heavy atom. The maximum Gasteiger partial charge on any atom is 0.276 e. The second kappa shape index (κ2) is 4.58. The second-order valence-corrected chi connectivity index (χ2v) is 3.00. The molecule has 0 radical (unpaired) electrons. The van der Waals surface area contributed by atoms with Crippen LogP contribution in [0.4, 0.5) is 0 Å². The van der Waals surface area contributed by atoms with E-state index < -0.39 is 11.8 Å². The van der Waals surface area contributed by atoms with Crippen molar-refractivity contribution >= 4 is 23.6 Å². The minimum absolute atomic E-state index is 0.373.